The molecule has 1 aliphatic carbocycles. The molecule has 128 valence electrons. The number of hydrogen-bond donors (Lipinski definition) is 1. The summed E-state index contributed by atoms with van der Waals surface area (Å²) in [5.74, 6) is 0.702. The van der Waals surface area contributed by atoms with Gasteiger partial charge in [0.05, 0.1) is 23.9 Å². The van der Waals surface area contributed by atoms with Crippen LogP contribution in [0, 0.1) is 5.82 Å². The fourth-order valence-electron chi connectivity index (χ4n) is 2.95. The Morgan fingerprint density at radius 2 is 1.92 bits per heavy atom. The van der Waals surface area contributed by atoms with Crippen LogP contribution in [0.5, 0.6) is 11.5 Å². The smallest absolute Gasteiger partial charge is 0.163 e. The van der Waals surface area contributed by atoms with E-state index in [2.05, 4.69) is 5.32 Å². The first kappa shape index (κ1) is 16.9. The average Bonchev–Trinajstić information content (AvgIpc) is 3.09. The van der Waals surface area contributed by atoms with Crippen LogP contribution in [0.1, 0.15) is 31.2 Å². The van der Waals surface area contributed by atoms with E-state index in [0.717, 1.165) is 18.5 Å². The van der Waals surface area contributed by atoms with E-state index in [0.29, 0.717) is 28.6 Å². The number of rotatable bonds is 6. The van der Waals surface area contributed by atoms with Crippen LogP contribution in [-0.4, -0.2) is 13.2 Å². The number of ether oxygens (including phenoxy) is 2. The van der Waals surface area contributed by atoms with Gasteiger partial charge in [0.1, 0.15) is 5.82 Å². The zero-order valence-electron chi connectivity index (χ0n) is 13.6. The van der Waals surface area contributed by atoms with Crippen LogP contribution in [-0.2, 0) is 6.54 Å². The number of methoxy groups -OCH3 is 1. The number of hydrogen-bond acceptors (Lipinski definition) is 3. The number of anilines is 1. The lowest BCUT2D eigenvalue weighted by atomic mass is 10.1. The van der Waals surface area contributed by atoms with Crippen LogP contribution in [0.4, 0.5) is 10.1 Å². The fourth-order valence-corrected chi connectivity index (χ4v) is 3.15. The van der Waals surface area contributed by atoms with Gasteiger partial charge in [0.2, 0.25) is 0 Å². The van der Waals surface area contributed by atoms with Gasteiger partial charge in [0.15, 0.2) is 11.5 Å². The second kappa shape index (κ2) is 7.75. The molecule has 2 aromatic carbocycles. The maximum Gasteiger partial charge on any atom is 0.163 e. The highest BCUT2D eigenvalue weighted by atomic mass is 35.5. The van der Waals surface area contributed by atoms with E-state index >= 15 is 0 Å². The van der Waals surface area contributed by atoms with E-state index in [1.165, 1.54) is 26.0 Å². The topological polar surface area (TPSA) is 30.5 Å². The van der Waals surface area contributed by atoms with Gasteiger partial charge < -0.3 is 14.8 Å². The molecule has 24 heavy (non-hydrogen) atoms. The van der Waals surface area contributed by atoms with Crippen molar-refractivity contribution in [3.8, 4) is 11.5 Å². The molecule has 1 saturated carbocycles. The highest BCUT2D eigenvalue weighted by Crippen LogP contribution is 2.34. The van der Waals surface area contributed by atoms with E-state index in [9.17, 15) is 4.39 Å². The van der Waals surface area contributed by atoms with Crippen molar-refractivity contribution < 1.29 is 13.9 Å². The lowest BCUT2D eigenvalue weighted by Gasteiger charge is -2.18. The first-order valence-electron chi connectivity index (χ1n) is 8.19. The van der Waals surface area contributed by atoms with E-state index < -0.39 is 0 Å². The molecule has 0 heterocycles. The maximum atomic E-state index is 14.3. The number of halogens is 2. The second-order valence-electron chi connectivity index (χ2n) is 5.95. The lowest BCUT2D eigenvalue weighted by molar-refractivity contribution is 0.200. The average molecular weight is 350 g/mol. The van der Waals surface area contributed by atoms with Crippen molar-refractivity contribution in [1.82, 2.24) is 0 Å². The minimum absolute atomic E-state index is 0.189. The van der Waals surface area contributed by atoms with Gasteiger partial charge in [0, 0.05) is 18.2 Å². The van der Waals surface area contributed by atoms with Crippen LogP contribution in [0.2, 0.25) is 5.02 Å². The molecule has 3 nitrogen and oxygen atoms in total. The third kappa shape index (κ3) is 3.93. The van der Waals surface area contributed by atoms with Gasteiger partial charge in [-0.15, -0.1) is 0 Å². The Bertz CT molecular complexity index is 702. The largest absolute Gasteiger partial charge is 0.493 e. The summed E-state index contributed by atoms with van der Waals surface area (Å²) in [5.41, 5.74) is 1.29. The van der Waals surface area contributed by atoms with Gasteiger partial charge in [-0.2, -0.15) is 0 Å². The molecule has 0 bridgehead atoms. The number of benzene rings is 2. The van der Waals surface area contributed by atoms with Gasteiger partial charge in [-0.3, -0.25) is 0 Å². The zero-order valence-corrected chi connectivity index (χ0v) is 14.4. The molecular formula is C19H21ClFNO2. The summed E-state index contributed by atoms with van der Waals surface area (Å²) in [6.07, 6.45) is 4.61. The third-order valence-corrected chi connectivity index (χ3v) is 4.60. The van der Waals surface area contributed by atoms with Crippen LogP contribution in [0.25, 0.3) is 0 Å². The molecule has 0 aliphatic heterocycles. The number of para-hydroxylation sites is 1. The highest BCUT2D eigenvalue weighted by molar-refractivity contribution is 6.33. The predicted molar refractivity (Wildman–Crippen MR) is 94.6 cm³/mol. The molecule has 0 spiro atoms. The summed E-state index contributed by atoms with van der Waals surface area (Å²) in [6.45, 7) is 0.320. The third-order valence-electron chi connectivity index (χ3n) is 4.27. The molecular weight excluding hydrogens is 329 g/mol. The van der Waals surface area contributed by atoms with Crippen molar-refractivity contribution in [2.45, 2.75) is 38.3 Å². The van der Waals surface area contributed by atoms with Gasteiger partial charge in [-0.05, 0) is 43.9 Å². The van der Waals surface area contributed by atoms with Crippen LogP contribution in [0.15, 0.2) is 36.4 Å². The second-order valence-corrected chi connectivity index (χ2v) is 6.36. The first-order chi connectivity index (χ1) is 11.7. The quantitative estimate of drug-likeness (QED) is 0.755. The van der Waals surface area contributed by atoms with Gasteiger partial charge in [-0.1, -0.05) is 23.7 Å². The minimum Gasteiger partial charge on any atom is -0.493 e. The molecule has 2 aromatic rings. The minimum atomic E-state index is -0.329. The molecule has 0 aromatic heterocycles. The Hall–Kier alpha value is -1.94. The molecule has 0 atom stereocenters. The molecule has 0 amide bonds. The summed E-state index contributed by atoms with van der Waals surface area (Å²) in [5, 5.41) is 3.77. The van der Waals surface area contributed by atoms with Crippen molar-refractivity contribution in [2.75, 3.05) is 12.4 Å². The molecule has 0 saturated heterocycles. The fraction of sp³-hybridized carbons (Fsp3) is 0.368. The lowest BCUT2D eigenvalue weighted by Crippen LogP contribution is -2.12. The van der Waals surface area contributed by atoms with Crippen molar-refractivity contribution in [2.24, 2.45) is 0 Å². The Kier molecular flexibility index (Phi) is 5.46. The van der Waals surface area contributed by atoms with Crippen LogP contribution in [0.3, 0.4) is 0 Å². The summed E-state index contributed by atoms with van der Waals surface area (Å²) in [7, 11) is 1.53. The van der Waals surface area contributed by atoms with Gasteiger partial charge >= 0.3 is 0 Å². The molecule has 1 fully saturated rings. The molecule has 5 heteroatoms. The summed E-state index contributed by atoms with van der Waals surface area (Å²) < 4.78 is 25.6. The van der Waals surface area contributed by atoms with Crippen molar-refractivity contribution in [3.63, 3.8) is 0 Å². The summed E-state index contributed by atoms with van der Waals surface area (Å²) in [6, 6.07) is 10.5. The Labute approximate surface area is 146 Å². The van der Waals surface area contributed by atoms with Crippen molar-refractivity contribution in [1.29, 1.82) is 0 Å². The summed E-state index contributed by atoms with van der Waals surface area (Å²) >= 11 is 6.12. The Morgan fingerprint density at radius 1 is 1.17 bits per heavy atom. The van der Waals surface area contributed by atoms with Crippen LogP contribution >= 0.6 is 11.6 Å². The van der Waals surface area contributed by atoms with E-state index in [-0.39, 0.29) is 11.9 Å². The molecule has 1 N–H and O–H groups in total. The van der Waals surface area contributed by atoms with Crippen LogP contribution < -0.4 is 14.8 Å². The molecule has 0 unspecified atom stereocenters. The van der Waals surface area contributed by atoms with Crippen molar-refractivity contribution >= 4 is 17.3 Å². The van der Waals surface area contributed by atoms with E-state index in [4.69, 9.17) is 21.1 Å². The predicted octanol–water partition coefficient (Wildman–Crippen LogP) is 5.42. The zero-order chi connectivity index (χ0) is 16.9. The SMILES string of the molecule is COc1cc(F)c(CNc2ccccc2Cl)cc1OC1CCCC1. The van der Waals surface area contributed by atoms with Gasteiger partial charge in [-0.25, -0.2) is 4.39 Å². The highest BCUT2D eigenvalue weighted by Gasteiger charge is 2.20. The molecule has 0 radical (unpaired) electrons. The normalized spacial score (nSPS) is 14.6. The standard InChI is InChI=1S/C19H21ClFNO2/c1-23-18-11-16(21)13(10-19(18)24-14-6-2-3-7-14)12-22-17-9-5-4-8-15(17)20/h4-5,8-11,14,22H,2-3,6-7,12H2,1H3. The first-order valence-corrected chi connectivity index (χ1v) is 8.56. The van der Waals surface area contributed by atoms with Crippen molar-refractivity contribution in [3.05, 3.63) is 52.8 Å². The monoisotopic (exact) mass is 349 g/mol. The van der Waals surface area contributed by atoms with E-state index in [1.54, 1.807) is 12.1 Å². The van der Waals surface area contributed by atoms with E-state index in [1.807, 2.05) is 18.2 Å². The Balaban J connectivity index is 1.78. The number of nitrogens with one attached hydrogen (secondary N) is 1. The summed E-state index contributed by atoms with van der Waals surface area (Å²) in [4.78, 5) is 0. The Morgan fingerprint density at radius 3 is 2.62 bits per heavy atom. The molecule has 3 rings (SSSR count). The molecule has 1 aliphatic rings. The van der Waals surface area contributed by atoms with Gasteiger partial charge in [0.25, 0.3) is 0 Å². The maximum absolute atomic E-state index is 14.3.